The molecule has 4 heterocycles. The van der Waals surface area contributed by atoms with Crippen molar-refractivity contribution in [1.29, 1.82) is 0 Å². The van der Waals surface area contributed by atoms with Crippen LogP contribution in [-0.2, 0) is 17.3 Å². The summed E-state index contributed by atoms with van der Waals surface area (Å²) in [6.07, 6.45) is 1.85. The van der Waals surface area contributed by atoms with E-state index in [2.05, 4.69) is 184 Å². The summed E-state index contributed by atoms with van der Waals surface area (Å²) in [6.45, 7) is 27.4. The second kappa shape index (κ2) is 12.3. The lowest BCUT2D eigenvalue weighted by molar-refractivity contribution is -0.372. The Morgan fingerprint density at radius 3 is 1.38 bits per heavy atom. The Bertz CT molecular complexity index is 3440. The Morgan fingerprint density at radius 2 is 0.968 bits per heavy atom. The normalized spacial score (nSPS) is 16.3. The van der Waals surface area contributed by atoms with Crippen molar-refractivity contribution < 1.29 is 13.8 Å². The fourth-order valence-corrected chi connectivity index (χ4v) is 12.7. The third-order valence-electron chi connectivity index (χ3n) is 15.7. The zero-order valence-electron chi connectivity index (χ0n) is 39.3. The van der Waals surface area contributed by atoms with Crippen LogP contribution in [0, 0.1) is 13.8 Å². The van der Waals surface area contributed by atoms with Gasteiger partial charge in [0.15, 0.2) is 5.70 Å². The zero-order chi connectivity index (χ0) is 44.0. The Kier molecular flexibility index (Phi) is 7.56. The molecule has 63 heavy (non-hydrogen) atoms. The number of hydrogen-bond donors (Lipinski definition) is 0. The highest BCUT2D eigenvalue weighted by Crippen LogP contribution is 2.56. The van der Waals surface area contributed by atoms with Gasteiger partial charge in [0.1, 0.15) is 5.71 Å². The largest absolute Gasteiger partial charge is 0.780 e. The van der Waals surface area contributed by atoms with E-state index in [1.54, 1.807) is 0 Å². The summed E-state index contributed by atoms with van der Waals surface area (Å²) in [5.74, 6) is 1.70. The first kappa shape index (κ1) is 38.6. The average molecular weight is 825 g/mol. The molecule has 0 radical (unpaired) electrons. The number of rotatable bonds is 2. The molecular weight excluding hydrogens is 767 g/mol. The minimum Gasteiger partial charge on any atom is -0.601 e. The molecular formula is C58H57BN2O2. The van der Waals surface area contributed by atoms with Crippen LogP contribution in [0.3, 0.4) is 0 Å². The number of hydrogen-bond acceptors (Lipinski definition) is 2. The molecule has 9 aromatic rings. The van der Waals surface area contributed by atoms with Crippen LogP contribution in [0.15, 0.2) is 102 Å². The van der Waals surface area contributed by atoms with Crippen LogP contribution >= 0.6 is 0 Å². The quantitative estimate of drug-likeness (QED) is 0.128. The molecule has 8 aromatic carbocycles. The van der Waals surface area contributed by atoms with Crippen LogP contribution in [0.2, 0.25) is 0 Å². The summed E-state index contributed by atoms with van der Waals surface area (Å²) in [6, 6.07) is 33.1. The third kappa shape index (κ3) is 4.81. The van der Waals surface area contributed by atoms with E-state index in [1.165, 1.54) is 126 Å². The van der Waals surface area contributed by atoms with Gasteiger partial charge in [-0.1, -0.05) is 128 Å². The Hall–Kier alpha value is -6.07. The molecule has 0 fully saturated rings. The van der Waals surface area contributed by atoms with Gasteiger partial charge in [-0.2, -0.15) is 0 Å². The molecule has 0 aliphatic carbocycles. The van der Waals surface area contributed by atoms with Crippen molar-refractivity contribution in [3.05, 3.63) is 135 Å². The Labute approximate surface area is 371 Å². The predicted octanol–water partition coefficient (Wildman–Crippen LogP) is 15.4. The Balaban J connectivity index is 1.27. The van der Waals surface area contributed by atoms with Crippen LogP contribution in [0.5, 0.6) is 11.5 Å². The number of aromatic nitrogens is 1. The average Bonchev–Trinajstić information content (AvgIpc) is 3.60. The van der Waals surface area contributed by atoms with E-state index in [0.717, 1.165) is 35.5 Å². The highest BCUT2D eigenvalue weighted by molar-refractivity contribution is 6.62. The molecule has 3 aliphatic rings. The molecule has 4 nitrogen and oxygen atoms in total. The third-order valence-corrected chi connectivity index (χ3v) is 15.7. The van der Waals surface area contributed by atoms with Gasteiger partial charge < -0.3 is 18.3 Å². The van der Waals surface area contributed by atoms with Crippen molar-refractivity contribution in [2.45, 2.75) is 114 Å². The Morgan fingerprint density at radius 1 is 0.540 bits per heavy atom. The smallest absolute Gasteiger partial charge is 0.601 e. The standard InChI is InChI=1S/C58H57BN2O2/c1-14-43-30(3)55-32(5)56-31(4)44(15-2)34(7)61(56)59(60(55)33(43)6)62-47-28-39-18-16-35-24-41(57(8,9)10)26-37-20-22-45(51(39)49(35)37)53(47)54-46-23-21-38-27-42(58(11,12)13)25-36-17-19-40(29-48(54)63-59)52(46)50(36)38/h16-29H,14-15H2,1-13H3. The fourth-order valence-electron chi connectivity index (χ4n) is 12.7. The van der Waals surface area contributed by atoms with Gasteiger partial charge in [0, 0.05) is 40.5 Å². The molecule has 0 saturated carbocycles. The number of fused-ring (bicyclic) bond motifs is 9. The van der Waals surface area contributed by atoms with Gasteiger partial charge in [0.2, 0.25) is 0 Å². The topological polar surface area (TPSA) is 26.4 Å². The lowest BCUT2D eigenvalue weighted by Gasteiger charge is -2.42. The van der Waals surface area contributed by atoms with Crippen LogP contribution in [0.1, 0.15) is 116 Å². The zero-order valence-corrected chi connectivity index (χ0v) is 39.3. The van der Waals surface area contributed by atoms with Crippen molar-refractivity contribution >= 4 is 82.7 Å². The molecule has 0 bridgehead atoms. The maximum absolute atomic E-state index is 8.08. The summed E-state index contributed by atoms with van der Waals surface area (Å²) in [7, 11) is 0. The van der Waals surface area contributed by atoms with Crippen LogP contribution in [0.4, 0.5) is 0 Å². The molecule has 0 N–H and O–H groups in total. The summed E-state index contributed by atoms with van der Waals surface area (Å²) in [5, 5.41) is 15.0. The number of allylic oxidation sites excluding steroid dienone is 3. The van der Waals surface area contributed by atoms with Crippen LogP contribution in [-0.4, -0.2) is 21.5 Å². The number of benzene rings is 8. The van der Waals surface area contributed by atoms with Gasteiger partial charge >= 0.3 is 6.82 Å². The maximum Gasteiger partial charge on any atom is 0.780 e. The highest BCUT2D eigenvalue weighted by atomic mass is 16.6. The maximum atomic E-state index is 8.08. The lowest BCUT2D eigenvalue weighted by Crippen LogP contribution is -2.67. The van der Waals surface area contributed by atoms with E-state index in [0.29, 0.717) is 0 Å². The summed E-state index contributed by atoms with van der Waals surface area (Å²) < 4.78 is 21.1. The van der Waals surface area contributed by atoms with Gasteiger partial charge in [-0.15, -0.1) is 0 Å². The highest BCUT2D eigenvalue weighted by Gasteiger charge is 2.62. The van der Waals surface area contributed by atoms with Crippen molar-refractivity contribution in [3.8, 4) is 22.6 Å². The van der Waals surface area contributed by atoms with Crippen LogP contribution in [0.25, 0.3) is 81.3 Å². The molecule has 314 valence electrons. The second-order valence-corrected chi connectivity index (χ2v) is 21.2. The molecule has 0 atom stereocenters. The summed E-state index contributed by atoms with van der Waals surface area (Å²) >= 11 is 0. The van der Waals surface area contributed by atoms with E-state index in [-0.39, 0.29) is 10.8 Å². The van der Waals surface area contributed by atoms with Crippen molar-refractivity contribution in [2.24, 2.45) is 0 Å². The van der Waals surface area contributed by atoms with E-state index in [4.69, 9.17) is 9.31 Å². The minimum absolute atomic E-state index is 0.0278. The molecule has 0 unspecified atom stereocenters. The predicted molar refractivity (Wildman–Crippen MR) is 269 cm³/mol. The fraction of sp³-hybridized carbons (Fsp3) is 0.293. The first-order valence-corrected chi connectivity index (χ1v) is 23.3. The van der Waals surface area contributed by atoms with Crippen molar-refractivity contribution in [2.75, 3.05) is 0 Å². The first-order chi connectivity index (χ1) is 30.0. The molecule has 12 rings (SSSR count). The molecule has 0 saturated heterocycles. The van der Waals surface area contributed by atoms with E-state index in [9.17, 15) is 0 Å². The van der Waals surface area contributed by atoms with Gasteiger partial charge in [0.25, 0.3) is 0 Å². The van der Waals surface area contributed by atoms with Crippen molar-refractivity contribution in [3.63, 3.8) is 0 Å². The second-order valence-electron chi connectivity index (χ2n) is 21.2. The van der Waals surface area contributed by atoms with Crippen molar-refractivity contribution in [1.82, 2.24) is 4.48 Å². The lowest BCUT2D eigenvalue weighted by atomic mass is 9.79. The SMILES string of the molecule is CCC1=C(C)C2=C(C)c3c(C)c(CC)c(C)n3[B-]3(Oc4cc5ccc6cc(C(C)(C)C)cc7ccc(c4-c4c(cc8ccc9cc(C(C)(C)C)cc%10ccc4c8c9%10)O3)c5c67)[N+]2=C1C. The molecule has 1 aromatic heterocycles. The summed E-state index contributed by atoms with van der Waals surface area (Å²) in [5.41, 5.74) is 16.4. The van der Waals surface area contributed by atoms with Gasteiger partial charge in [-0.25, -0.2) is 0 Å². The van der Waals surface area contributed by atoms with E-state index in [1.807, 2.05) is 0 Å². The van der Waals surface area contributed by atoms with Gasteiger partial charge in [0.05, 0.1) is 11.5 Å². The molecule has 0 amide bonds. The van der Waals surface area contributed by atoms with Gasteiger partial charge in [-0.3, -0.25) is 0 Å². The first-order valence-electron chi connectivity index (χ1n) is 23.3. The minimum atomic E-state index is -2.47. The molecule has 1 spiro atoms. The summed E-state index contributed by atoms with van der Waals surface area (Å²) in [4.78, 5) is 0. The van der Waals surface area contributed by atoms with E-state index >= 15 is 0 Å². The van der Waals surface area contributed by atoms with Crippen LogP contribution < -0.4 is 9.31 Å². The van der Waals surface area contributed by atoms with E-state index < -0.39 is 6.82 Å². The number of nitrogens with zero attached hydrogens (tertiary/aromatic N) is 2. The molecule has 5 heteroatoms. The monoisotopic (exact) mass is 824 g/mol. The van der Waals surface area contributed by atoms with Gasteiger partial charge in [-0.05, 0) is 156 Å². The molecule has 3 aliphatic heterocycles.